The van der Waals surface area contributed by atoms with Crippen LogP contribution in [-0.2, 0) is 0 Å². The first-order valence-electron chi connectivity index (χ1n) is 4.32. The zero-order valence-corrected chi connectivity index (χ0v) is 9.65. The number of hydrogen-bond acceptors (Lipinski definition) is 4. The molecule has 2 aromatic heterocycles. The fraction of sp³-hybridized carbons (Fsp3) is 0.300. The van der Waals surface area contributed by atoms with Crippen molar-refractivity contribution in [1.82, 2.24) is 4.98 Å². The van der Waals surface area contributed by atoms with Crippen molar-refractivity contribution in [3.8, 4) is 0 Å². The number of nitrogens with zero attached hydrogens (tertiary/aromatic N) is 1. The number of aliphatic hydroxyl groups is 1. The summed E-state index contributed by atoms with van der Waals surface area (Å²) in [5, 5.41) is 14.7. The first-order chi connectivity index (χ1) is 6.66. The molecule has 4 heteroatoms. The molecule has 2 aromatic rings. The number of thiophene rings is 1. The van der Waals surface area contributed by atoms with E-state index in [4.69, 9.17) is 0 Å². The van der Waals surface area contributed by atoms with E-state index in [0.717, 1.165) is 16.3 Å². The van der Waals surface area contributed by atoms with Gasteiger partial charge in [-0.15, -0.1) is 22.7 Å². The molecular weight excluding hydrogens is 214 g/mol. The zero-order chi connectivity index (χ0) is 10.1. The molecule has 14 heavy (non-hydrogen) atoms. The second-order valence-corrected chi connectivity index (χ2v) is 5.23. The van der Waals surface area contributed by atoms with Crippen LogP contribution in [0, 0.1) is 13.8 Å². The largest absolute Gasteiger partial charge is 0.381 e. The standard InChI is InChI=1S/C10H11NOS2/c1-6-4-14-10(11-6)9(12)8-3-7(2)13-5-8/h3-5,9,12H,1-2H3. The van der Waals surface area contributed by atoms with Crippen molar-refractivity contribution in [2.45, 2.75) is 20.0 Å². The van der Waals surface area contributed by atoms with Gasteiger partial charge in [0.15, 0.2) is 0 Å². The molecule has 0 saturated carbocycles. The maximum Gasteiger partial charge on any atom is 0.131 e. The van der Waals surface area contributed by atoms with Gasteiger partial charge in [-0.25, -0.2) is 4.98 Å². The average molecular weight is 225 g/mol. The second kappa shape index (κ2) is 3.81. The summed E-state index contributed by atoms with van der Waals surface area (Å²) >= 11 is 3.16. The maximum atomic E-state index is 9.97. The lowest BCUT2D eigenvalue weighted by Crippen LogP contribution is -1.96. The minimum absolute atomic E-state index is 0.557. The predicted octanol–water partition coefficient (Wildman–Crippen LogP) is 2.90. The summed E-state index contributed by atoms with van der Waals surface area (Å²) < 4.78 is 0. The molecule has 0 aromatic carbocycles. The van der Waals surface area contributed by atoms with Gasteiger partial charge in [-0.2, -0.15) is 0 Å². The summed E-state index contributed by atoms with van der Waals surface area (Å²) in [6, 6.07) is 2.01. The van der Waals surface area contributed by atoms with Crippen LogP contribution in [0.5, 0.6) is 0 Å². The van der Waals surface area contributed by atoms with E-state index in [1.54, 1.807) is 11.3 Å². The summed E-state index contributed by atoms with van der Waals surface area (Å²) in [5.74, 6) is 0. The Bertz CT molecular complexity index is 393. The van der Waals surface area contributed by atoms with Gasteiger partial charge < -0.3 is 5.11 Å². The van der Waals surface area contributed by atoms with Crippen molar-refractivity contribution in [3.05, 3.63) is 38.0 Å². The monoisotopic (exact) mass is 225 g/mol. The summed E-state index contributed by atoms with van der Waals surface area (Å²) in [5.41, 5.74) is 1.91. The Morgan fingerprint density at radius 3 is 2.57 bits per heavy atom. The molecule has 0 spiro atoms. The van der Waals surface area contributed by atoms with Gasteiger partial charge in [0.25, 0.3) is 0 Å². The first-order valence-corrected chi connectivity index (χ1v) is 6.08. The predicted molar refractivity (Wildman–Crippen MR) is 60.0 cm³/mol. The van der Waals surface area contributed by atoms with Crippen molar-refractivity contribution in [2.75, 3.05) is 0 Å². The van der Waals surface area contributed by atoms with Crippen LogP contribution >= 0.6 is 22.7 Å². The van der Waals surface area contributed by atoms with Crippen molar-refractivity contribution in [1.29, 1.82) is 0 Å². The average Bonchev–Trinajstić information content (AvgIpc) is 2.73. The first kappa shape index (κ1) is 9.83. The molecular formula is C10H11NOS2. The molecule has 2 rings (SSSR count). The summed E-state index contributed by atoms with van der Waals surface area (Å²) in [7, 11) is 0. The van der Waals surface area contributed by atoms with E-state index < -0.39 is 6.10 Å². The third-order valence-corrected chi connectivity index (χ3v) is 3.83. The number of rotatable bonds is 2. The Hall–Kier alpha value is -0.710. The minimum Gasteiger partial charge on any atom is -0.381 e. The molecule has 74 valence electrons. The lowest BCUT2D eigenvalue weighted by atomic mass is 10.2. The molecule has 0 radical (unpaired) electrons. The summed E-state index contributed by atoms with van der Waals surface area (Å²) in [6.45, 7) is 3.97. The van der Waals surface area contributed by atoms with Crippen LogP contribution in [-0.4, -0.2) is 10.1 Å². The topological polar surface area (TPSA) is 33.1 Å². The number of hydrogen-bond donors (Lipinski definition) is 1. The van der Waals surface area contributed by atoms with E-state index in [1.807, 2.05) is 30.7 Å². The van der Waals surface area contributed by atoms with Gasteiger partial charge in [0.2, 0.25) is 0 Å². The highest BCUT2D eigenvalue weighted by atomic mass is 32.1. The summed E-state index contributed by atoms with van der Waals surface area (Å²) in [4.78, 5) is 5.48. The Morgan fingerprint density at radius 2 is 2.07 bits per heavy atom. The molecule has 0 bridgehead atoms. The lowest BCUT2D eigenvalue weighted by Gasteiger charge is -2.03. The van der Waals surface area contributed by atoms with Gasteiger partial charge in [-0.05, 0) is 30.9 Å². The highest BCUT2D eigenvalue weighted by Crippen LogP contribution is 2.27. The highest BCUT2D eigenvalue weighted by molar-refractivity contribution is 7.10. The molecule has 1 unspecified atom stereocenters. The fourth-order valence-electron chi connectivity index (χ4n) is 1.25. The highest BCUT2D eigenvalue weighted by Gasteiger charge is 2.14. The Balaban J connectivity index is 2.28. The van der Waals surface area contributed by atoms with Gasteiger partial charge in [0.05, 0.1) is 0 Å². The van der Waals surface area contributed by atoms with Crippen molar-refractivity contribution >= 4 is 22.7 Å². The SMILES string of the molecule is Cc1csc(C(O)c2csc(C)c2)n1. The van der Waals surface area contributed by atoms with E-state index in [-0.39, 0.29) is 0 Å². The number of thiazole rings is 1. The normalized spacial score (nSPS) is 13.1. The third kappa shape index (κ3) is 1.87. The fourth-order valence-corrected chi connectivity index (χ4v) is 2.78. The molecule has 2 nitrogen and oxygen atoms in total. The van der Waals surface area contributed by atoms with Gasteiger partial charge in [0.1, 0.15) is 11.1 Å². The van der Waals surface area contributed by atoms with Crippen LogP contribution in [0.25, 0.3) is 0 Å². The second-order valence-electron chi connectivity index (χ2n) is 3.22. The number of aliphatic hydroxyl groups excluding tert-OH is 1. The van der Waals surface area contributed by atoms with Gasteiger partial charge in [-0.3, -0.25) is 0 Å². The van der Waals surface area contributed by atoms with Crippen LogP contribution in [0.1, 0.15) is 27.2 Å². The van der Waals surface area contributed by atoms with E-state index in [0.29, 0.717) is 0 Å². The summed E-state index contributed by atoms with van der Waals surface area (Å²) in [6.07, 6.45) is -0.557. The van der Waals surface area contributed by atoms with Gasteiger partial charge >= 0.3 is 0 Å². The molecule has 1 atom stereocenters. The third-order valence-electron chi connectivity index (χ3n) is 1.94. The molecule has 0 fully saturated rings. The van der Waals surface area contributed by atoms with Crippen LogP contribution in [0.4, 0.5) is 0 Å². The maximum absolute atomic E-state index is 9.97. The van der Waals surface area contributed by atoms with E-state index in [1.165, 1.54) is 16.2 Å². The molecule has 0 aliphatic carbocycles. The Kier molecular flexibility index (Phi) is 2.67. The molecule has 0 aliphatic heterocycles. The smallest absolute Gasteiger partial charge is 0.131 e. The molecule has 0 amide bonds. The van der Waals surface area contributed by atoms with Crippen molar-refractivity contribution in [2.24, 2.45) is 0 Å². The minimum atomic E-state index is -0.557. The van der Waals surface area contributed by atoms with Gasteiger partial charge in [0, 0.05) is 16.0 Å². The van der Waals surface area contributed by atoms with Crippen LogP contribution in [0.2, 0.25) is 0 Å². The Labute approximate surface area is 90.9 Å². The number of aryl methyl sites for hydroxylation is 2. The Morgan fingerprint density at radius 1 is 1.29 bits per heavy atom. The quantitative estimate of drug-likeness (QED) is 0.852. The van der Waals surface area contributed by atoms with Crippen LogP contribution in [0.15, 0.2) is 16.8 Å². The van der Waals surface area contributed by atoms with E-state index in [9.17, 15) is 5.11 Å². The van der Waals surface area contributed by atoms with E-state index >= 15 is 0 Å². The van der Waals surface area contributed by atoms with Crippen molar-refractivity contribution in [3.63, 3.8) is 0 Å². The molecule has 2 heterocycles. The van der Waals surface area contributed by atoms with Crippen LogP contribution in [0.3, 0.4) is 0 Å². The van der Waals surface area contributed by atoms with E-state index in [2.05, 4.69) is 4.98 Å². The van der Waals surface area contributed by atoms with Gasteiger partial charge in [-0.1, -0.05) is 0 Å². The van der Waals surface area contributed by atoms with Crippen molar-refractivity contribution < 1.29 is 5.11 Å². The van der Waals surface area contributed by atoms with Crippen LogP contribution < -0.4 is 0 Å². The number of aromatic nitrogens is 1. The molecule has 0 saturated heterocycles. The zero-order valence-electron chi connectivity index (χ0n) is 8.02. The lowest BCUT2D eigenvalue weighted by molar-refractivity contribution is 0.220. The molecule has 0 aliphatic rings. The molecule has 1 N–H and O–H groups in total.